The molecule has 2 N–H and O–H groups in total. The van der Waals surface area contributed by atoms with Gasteiger partial charge >= 0.3 is 0 Å². The number of rotatable bonds is 7. The highest BCUT2D eigenvalue weighted by Crippen LogP contribution is 2.45. The Morgan fingerprint density at radius 1 is 0.967 bits per heavy atom. The average molecular weight is 492 g/mol. The van der Waals surface area contributed by atoms with Crippen LogP contribution in [0.3, 0.4) is 0 Å². The van der Waals surface area contributed by atoms with Crippen LogP contribution in [0, 0.1) is 0 Å². The minimum absolute atomic E-state index is 0.441. The SMILES string of the molecule is O=C(CS(=O)(=O)Nc1ccc(N2CCCCC2)cc1)NC1(c2ccc(Br)cc2)CC1. The number of nitrogens with one attached hydrogen (secondary N) is 2. The predicted molar refractivity (Wildman–Crippen MR) is 123 cm³/mol. The van der Waals surface area contributed by atoms with Crippen molar-refractivity contribution in [3.63, 3.8) is 0 Å². The molecule has 6 nitrogen and oxygen atoms in total. The molecule has 0 bridgehead atoms. The molecular weight excluding hydrogens is 466 g/mol. The third-order valence-corrected chi connectivity index (χ3v) is 7.43. The fourth-order valence-corrected chi connectivity index (χ4v) is 5.21. The van der Waals surface area contributed by atoms with Gasteiger partial charge in [0, 0.05) is 28.9 Å². The van der Waals surface area contributed by atoms with E-state index in [2.05, 4.69) is 30.9 Å². The van der Waals surface area contributed by atoms with Crippen molar-refractivity contribution in [2.45, 2.75) is 37.6 Å². The summed E-state index contributed by atoms with van der Waals surface area (Å²) in [5.41, 5.74) is 2.12. The molecule has 8 heteroatoms. The summed E-state index contributed by atoms with van der Waals surface area (Å²) in [5.74, 6) is -1.09. The topological polar surface area (TPSA) is 78.5 Å². The minimum atomic E-state index is -3.79. The molecule has 0 spiro atoms. The first-order valence-electron chi connectivity index (χ1n) is 10.3. The molecule has 2 aromatic rings. The van der Waals surface area contributed by atoms with Crippen molar-refractivity contribution in [2.24, 2.45) is 0 Å². The minimum Gasteiger partial charge on any atom is -0.372 e. The van der Waals surface area contributed by atoms with Crippen LogP contribution >= 0.6 is 15.9 Å². The molecule has 1 aliphatic carbocycles. The quantitative estimate of drug-likeness (QED) is 0.613. The molecule has 2 aliphatic rings. The summed E-state index contributed by atoms with van der Waals surface area (Å²) in [6.07, 6.45) is 5.26. The number of amides is 1. The van der Waals surface area contributed by atoms with E-state index in [4.69, 9.17) is 0 Å². The Labute approximate surface area is 186 Å². The summed E-state index contributed by atoms with van der Waals surface area (Å²) < 4.78 is 28.5. The van der Waals surface area contributed by atoms with E-state index in [1.807, 2.05) is 36.4 Å². The van der Waals surface area contributed by atoms with Crippen LogP contribution in [0.1, 0.15) is 37.7 Å². The Hall–Kier alpha value is -2.06. The van der Waals surface area contributed by atoms with Crippen molar-refractivity contribution < 1.29 is 13.2 Å². The molecule has 1 saturated carbocycles. The van der Waals surface area contributed by atoms with Crippen LogP contribution < -0.4 is 14.9 Å². The number of hydrogen-bond acceptors (Lipinski definition) is 4. The highest BCUT2D eigenvalue weighted by atomic mass is 79.9. The Morgan fingerprint density at radius 3 is 2.20 bits per heavy atom. The van der Waals surface area contributed by atoms with Crippen molar-refractivity contribution in [1.82, 2.24) is 5.32 Å². The number of anilines is 2. The number of sulfonamides is 1. The molecule has 0 unspecified atom stereocenters. The molecule has 1 amide bonds. The zero-order valence-electron chi connectivity index (χ0n) is 16.7. The maximum Gasteiger partial charge on any atom is 0.241 e. The van der Waals surface area contributed by atoms with Gasteiger partial charge in [-0.25, -0.2) is 8.42 Å². The lowest BCUT2D eigenvalue weighted by Crippen LogP contribution is -2.39. The number of piperidine rings is 1. The van der Waals surface area contributed by atoms with Crippen LogP contribution in [0.4, 0.5) is 11.4 Å². The predicted octanol–water partition coefficient (Wildman–Crippen LogP) is 3.99. The first kappa shape index (κ1) is 21.2. The van der Waals surface area contributed by atoms with Gasteiger partial charge in [-0.3, -0.25) is 9.52 Å². The molecule has 0 radical (unpaired) electrons. The summed E-state index contributed by atoms with van der Waals surface area (Å²) in [5, 5.41) is 2.92. The molecular formula is C22H26BrN3O3S. The number of halogens is 1. The van der Waals surface area contributed by atoms with E-state index >= 15 is 0 Å². The van der Waals surface area contributed by atoms with Gasteiger partial charge in [0.15, 0.2) is 0 Å². The van der Waals surface area contributed by atoms with E-state index in [0.717, 1.165) is 41.7 Å². The van der Waals surface area contributed by atoms with E-state index < -0.39 is 27.2 Å². The van der Waals surface area contributed by atoms with Crippen molar-refractivity contribution in [2.75, 3.05) is 28.5 Å². The van der Waals surface area contributed by atoms with Gasteiger partial charge in [0.2, 0.25) is 15.9 Å². The van der Waals surface area contributed by atoms with Crippen molar-refractivity contribution in [3.05, 3.63) is 58.6 Å². The summed E-state index contributed by atoms with van der Waals surface area (Å²) >= 11 is 3.40. The lowest BCUT2D eigenvalue weighted by atomic mass is 10.1. The van der Waals surface area contributed by atoms with Crippen LogP contribution in [0.5, 0.6) is 0 Å². The fourth-order valence-electron chi connectivity index (χ4n) is 3.96. The van der Waals surface area contributed by atoms with Crippen LogP contribution in [0.15, 0.2) is 53.0 Å². The van der Waals surface area contributed by atoms with Crippen LogP contribution in [-0.2, 0) is 20.4 Å². The second kappa shape index (κ2) is 8.59. The van der Waals surface area contributed by atoms with Gasteiger partial charge in [-0.1, -0.05) is 28.1 Å². The number of benzene rings is 2. The average Bonchev–Trinajstić information content (AvgIpc) is 3.49. The molecule has 1 aliphatic heterocycles. The lowest BCUT2D eigenvalue weighted by molar-refractivity contribution is -0.119. The molecule has 0 atom stereocenters. The van der Waals surface area contributed by atoms with Crippen LogP contribution in [0.2, 0.25) is 0 Å². The highest BCUT2D eigenvalue weighted by Gasteiger charge is 2.45. The Balaban J connectivity index is 1.34. The molecule has 160 valence electrons. The molecule has 2 fully saturated rings. The Bertz CT molecular complexity index is 997. The third kappa shape index (κ3) is 5.16. The normalized spacial score (nSPS) is 18.0. The van der Waals surface area contributed by atoms with E-state index in [9.17, 15) is 13.2 Å². The van der Waals surface area contributed by atoms with Gasteiger partial charge in [-0.2, -0.15) is 0 Å². The summed E-state index contributed by atoms with van der Waals surface area (Å²) in [6, 6.07) is 15.1. The molecule has 0 aromatic heterocycles. The zero-order valence-corrected chi connectivity index (χ0v) is 19.1. The maximum absolute atomic E-state index is 12.5. The van der Waals surface area contributed by atoms with Crippen LogP contribution in [0.25, 0.3) is 0 Å². The van der Waals surface area contributed by atoms with Gasteiger partial charge in [0.05, 0.1) is 5.54 Å². The maximum atomic E-state index is 12.5. The molecule has 30 heavy (non-hydrogen) atoms. The van der Waals surface area contributed by atoms with E-state index in [1.54, 1.807) is 12.1 Å². The second-order valence-corrected chi connectivity index (χ2v) is 10.7. The van der Waals surface area contributed by atoms with Crippen molar-refractivity contribution >= 4 is 43.2 Å². The van der Waals surface area contributed by atoms with Crippen LogP contribution in [-0.4, -0.2) is 33.2 Å². The van der Waals surface area contributed by atoms with Crippen molar-refractivity contribution in [3.8, 4) is 0 Å². The molecule has 4 rings (SSSR count). The fraction of sp³-hybridized carbons (Fsp3) is 0.409. The standard InChI is InChI=1S/C22H26BrN3O3S/c23-18-6-4-17(5-7-18)22(12-13-22)24-21(27)16-30(28,29)25-19-8-10-20(11-9-19)26-14-2-1-3-15-26/h4-11,25H,1-3,12-16H2,(H,24,27). The number of nitrogens with zero attached hydrogens (tertiary/aromatic N) is 1. The first-order valence-corrected chi connectivity index (χ1v) is 12.7. The van der Waals surface area contributed by atoms with E-state index in [0.29, 0.717) is 5.69 Å². The Morgan fingerprint density at radius 2 is 1.60 bits per heavy atom. The summed E-state index contributed by atoms with van der Waals surface area (Å²) in [4.78, 5) is 14.8. The van der Waals surface area contributed by atoms with Gasteiger partial charge in [-0.05, 0) is 74.1 Å². The van der Waals surface area contributed by atoms with Gasteiger partial charge in [-0.15, -0.1) is 0 Å². The van der Waals surface area contributed by atoms with E-state index in [-0.39, 0.29) is 0 Å². The molecule has 2 aromatic carbocycles. The smallest absolute Gasteiger partial charge is 0.241 e. The molecule has 1 heterocycles. The molecule has 1 saturated heterocycles. The number of hydrogen-bond donors (Lipinski definition) is 2. The third-order valence-electron chi connectivity index (χ3n) is 5.71. The summed E-state index contributed by atoms with van der Waals surface area (Å²) in [6.45, 7) is 2.07. The zero-order chi connectivity index (χ0) is 21.2. The summed E-state index contributed by atoms with van der Waals surface area (Å²) in [7, 11) is -3.79. The largest absolute Gasteiger partial charge is 0.372 e. The highest BCUT2D eigenvalue weighted by molar-refractivity contribution is 9.10. The van der Waals surface area contributed by atoms with Gasteiger partial charge in [0.25, 0.3) is 0 Å². The Kier molecular flexibility index (Phi) is 6.06. The lowest BCUT2D eigenvalue weighted by Gasteiger charge is -2.28. The van der Waals surface area contributed by atoms with Gasteiger partial charge < -0.3 is 10.2 Å². The van der Waals surface area contributed by atoms with Crippen molar-refractivity contribution in [1.29, 1.82) is 0 Å². The second-order valence-electron chi connectivity index (χ2n) is 8.09. The van der Waals surface area contributed by atoms with Gasteiger partial charge in [0.1, 0.15) is 5.75 Å². The first-order chi connectivity index (χ1) is 14.4. The number of carbonyl (C=O) groups excluding carboxylic acids is 1. The van der Waals surface area contributed by atoms with E-state index in [1.165, 1.54) is 19.3 Å². The monoisotopic (exact) mass is 491 g/mol. The number of carbonyl (C=O) groups is 1.